The van der Waals surface area contributed by atoms with Gasteiger partial charge in [0, 0.05) is 0 Å². The van der Waals surface area contributed by atoms with E-state index in [0.717, 1.165) is 37.4 Å². The van der Waals surface area contributed by atoms with Crippen LogP contribution in [0.25, 0.3) is 0 Å². The maximum Gasteiger partial charge on any atom is 0.118 e. The zero-order chi connectivity index (χ0) is 18.4. The van der Waals surface area contributed by atoms with E-state index >= 15 is 0 Å². The summed E-state index contributed by atoms with van der Waals surface area (Å²) >= 11 is 0. The maximum atomic E-state index is 10.8. The van der Waals surface area contributed by atoms with Gasteiger partial charge in [-0.2, -0.15) is 0 Å². The predicted molar refractivity (Wildman–Crippen MR) is 109 cm³/mol. The molecule has 1 aromatic carbocycles. The molecule has 1 aromatic rings. The standard InChI is InChI=1S/C24H36O2/c1-3-4-5-16-24(25)17-14-22(15-18-24)20-8-6-19(7-9-20)21-10-12-23(26-2)13-11-21/h10-14,17,19-20,22,25H,3-9,15-16,18H2,1-2H3. The van der Waals surface area contributed by atoms with Crippen molar-refractivity contribution in [3.63, 3.8) is 0 Å². The molecule has 2 aliphatic rings. The number of rotatable bonds is 7. The fourth-order valence-corrected chi connectivity index (χ4v) is 4.94. The molecule has 2 unspecified atom stereocenters. The minimum Gasteiger partial charge on any atom is -0.497 e. The second-order valence-electron chi connectivity index (χ2n) is 8.51. The van der Waals surface area contributed by atoms with Crippen molar-refractivity contribution in [3.8, 4) is 5.75 Å². The average Bonchev–Trinajstić information content (AvgIpc) is 2.69. The van der Waals surface area contributed by atoms with Crippen LogP contribution in [0, 0.1) is 11.8 Å². The van der Waals surface area contributed by atoms with Gasteiger partial charge in [0.2, 0.25) is 0 Å². The average molecular weight is 357 g/mol. The van der Waals surface area contributed by atoms with Crippen molar-refractivity contribution in [2.45, 2.75) is 82.7 Å². The Morgan fingerprint density at radius 3 is 2.35 bits per heavy atom. The SMILES string of the molecule is CCCCCC1(O)C=CC(C2CCC(c3ccc(OC)cc3)CC2)CC1. The summed E-state index contributed by atoms with van der Waals surface area (Å²) in [5.74, 6) is 3.14. The number of hydrogen-bond acceptors (Lipinski definition) is 2. The van der Waals surface area contributed by atoms with Crippen LogP contribution in [0.15, 0.2) is 36.4 Å². The molecule has 0 spiro atoms. The van der Waals surface area contributed by atoms with Crippen LogP contribution in [0.3, 0.4) is 0 Å². The molecule has 1 saturated carbocycles. The van der Waals surface area contributed by atoms with Gasteiger partial charge >= 0.3 is 0 Å². The molecular formula is C24H36O2. The topological polar surface area (TPSA) is 29.5 Å². The highest BCUT2D eigenvalue weighted by molar-refractivity contribution is 5.29. The Labute approximate surface area is 159 Å². The Bertz CT molecular complexity index is 568. The first kappa shape index (κ1) is 19.5. The monoisotopic (exact) mass is 356 g/mol. The summed E-state index contributed by atoms with van der Waals surface area (Å²) in [4.78, 5) is 0. The molecule has 0 aliphatic heterocycles. The Hall–Kier alpha value is -1.28. The molecule has 26 heavy (non-hydrogen) atoms. The van der Waals surface area contributed by atoms with E-state index in [2.05, 4.69) is 43.3 Å². The van der Waals surface area contributed by atoms with Crippen molar-refractivity contribution in [2.75, 3.05) is 7.11 Å². The van der Waals surface area contributed by atoms with Crippen LogP contribution in [-0.2, 0) is 0 Å². The highest BCUT2D eigenvalue weighted by Gasteiger charge is 2.33. The molecule has 0 bridgehead atoms. The van der Waals surface area contributed by atoms with Crippen molar-refractivity contribution in [1.29, 1.82) is 0 Å². The molecular weight excluding hydrogens is 320 g/mol. The van der Waals surface area contributed by atoms with Gasteiger partial charge < -0.3 is 9.84 Å². The van der Waals surface area contributed by atoms with Gasteiger partial charge in [-0.25, -0.2) is 0 Å². The summed E-state index contributed by atoms with van der Waals surface area (Å²) < 4.78 is 5.27. The van der Waals surface area contributed by atoms with Gasteiger partial charge in [-0.1, -0.05) is 50.5 Å². The lowest BCUT2D eigenvalue weighted by molar-refractivity contribution is 0.0508. The van der Waals surface area contributed by atoms with E-state index in [1.807, 2.05) is 0 Å². The Balaban J connectivity index is 1.49. The first-order valence-electron chi connectivity index (χ1n) is 10.7. The molecule has 2 aliphatic carbocycles. The number of ether oxygens (including phenoxy) is 1. The lowest BCUT2D eigenvalue weighted by atomic mass is 9.69. The van der Waals surface area contributed by atoms with Crippen LogP contribution < -0.4 is 4.74 Å². The van der Waals surface area contributed by atoms with Gasteiger partial charge in [0.05, 0.1) is 12.7 Å². The molecule has 0 radical (unpaired) electrons. The van der Waals surface area contributed by atoms with Crippen LogP contribution in [0.1, 0.15) is 82.6 Å². The van der Waals surface area contributed by atoms with Crippen molar-refractivity contribution in [1.82, 2.24) is 0 Å². The molecule has 1 N–H and O–H groups in total. The second kappa shape index (κ2) is 9.08. The van der Waals surface area contributed by atoms with Gasteiger partial charge in [0.25, 0.3) is 0 Å². The van der Waals surface area contributed by atoms with Crippen molar-refractivity contribution in [3.05, 3.63) is 42.0 Å². The summed E-state index contributed by atoms with van der Waals surface area (Å²) in [5.41, 5.74) is 0.945. The summed E-state index contributed by atoms with van der Waals surface area (Å²) in [6, 6.07) is 8.65. The van der Waals surface area contributed by atoms with Gasteiger partial charge in [-0.15, -0.1) is 0 Å². The Morgan fingerprint density at radius 2 is 1.77 bits per heavy atom. The van der Waals surface area contributed by atoms with Crippen LogP contribution in [-0.4, -0.2) is 17.8 Å². The largest absolute Gasteiger partial charge is 0.497 e. The molecule has 2 heteroatoms. The zero-order valence-corrected chi connectivity index (χ0v) is 16.6. The van der Waals surface area contributed by atoms with E-state index in [4.69, 9.17) is 4.74 Å². The number of aliphatic hydroxyl groups is 1. The van der Waals surface area contributed by atoms with E-state index in [0.29, 0.717) is 11.8 Å². The molecule has 0 amide bonds. The summed E-state index contributed by atoms with van der Waals surface area (Å²) in [7, 11) is 1.72. The third-order valence-corrected chi connectivity index (χ3v) is 6.74. The number of methoxy groups -OCH3 is 1. The van der Waals surface area contributed by atoms with Crippen LogP contribution in [0.5, 0.6) is 5.75 Å². The van der Waals surface area contributed by atoms with Crippen molar-refractivity contribution < 1.29 is 9.84 Å². The Morgan fingerprint density at radius 1 is 1.04 bits per heavy atom. The van der Waals surface area contributed by atoms with E-state index in [-0.39, 0.29) is 0 Å². The molecule has 0 aromatic heterocycles. The normalized spacial score (nSPS) is 31.7. The number of unbranched alkanes of at least 4 members (excludes halogenated alkanes) is 2. The maximum absolute atomic E-state index is 10.8. The zero-order valence-electron chi connectivity index (χ0n) is 16.6. The fraction of sp³-hybridized carbons (Fsp3) is 0.667. The summed E-state index contributed by atoms with van der Waals surface area (Å²) in [5, 5.41) is 10.8. The minimum atomic E-state index is -0.522. The minimum absolute atomic E-state index is 0.522. The predicted octanol–water partition coefficient (Wildman–Crippen LogP) is 6.25. The number of hydrogen-bond donors (Lipinski definition) is 1. The fourth-order valence-electron chi connectivity index (χ4n) is 4.94. The molecule has 1 fully saturated rings. The first-order valence-corrected chi connectivity index (χ1v) is 10.7. The summed E-state index contributed by atoms with van der Waals surface area (Å²) in [6.07, 6.45) is 16.4. The third kappa shape index (κ3) is 4.91. The third-order valence-electron chi connectivity index (χ3n) is 6.74. The van der Waals surface area contributed by atoms with E-state index in [1.165, 1.54) is 44.1 Å². The smallest absolute Gasteiger partial charge is 0.118 e. The number of benzene rings is 1. The Kier molecular flexibility index (Phi) is 6.80. The lowest BCUT2D eigenvalue weighted by Gasteiger charge is -2.37. The molecule has 3 rings (SSSR count). The van der Waals surface area contributed by atoms with Gasteiger partial charge in [0.15, 0.2) is 0 Å². The molecule has 0 heterocycles. The van der Waals surface area contributed by atoms with Crippen LogP contribution in [0.2, 0.25) is 0 Å². The van der Waals surface area contributed by atoms with E-state index < -0.39 is 5.60 Å². The van der Waals surface area contributed by atoms with Gasteiger partial charge in [0.1, 0.15) is 5.75 Å². The highest BCUT2D eigenvalue weighted by atomic mass is 16.5. The van der Waals surface area contributed by atoms with Crippen molar-refractivity contribution in [2.24, 2.45) is 11.8 Å². The summed E-state index contributed by atoms with van der Waals surface area (Å²) in [6.45, 7) is 2.22. The van der Waals surface area contributed by atoms with E-state index in [9.17, 15) is 5.11 Å². The van der Waals surface area contributed by atoms with Crippen LogP contribution in [0.4, 0.5) is 0 Å². The molecule has 2 nitrogen and oxygen atoms in total. The molecule has 144 valence electrons. The number of allylic oxidation sites excluding steroid dienone is 1. The molecule has 0 saturated heterocycles. The van der Waals surface area contributed by atoms with Crippen LogP contribution >= 0.6 is 0 Å². The van der Waals surface area contributed by atoms with E-state index in [1.54, 1.807) is 7.11 Å². The van der Waals surface area contributed by atoms with Crippen molar-refractivity contribution >= 4 is 0 Å². The highest BCUT2D eigenvalue weighted by Crippen LogP contribution is 2.43. The van der Waals surface area contributed by atoms with Gasteiger partial charge in [-0.05, 0) is 80.4 Å². The molecule has 2 atom stereocenters. The lowest BCUT2D eigenvalue weighted by Crippen LogP contribution is -2.32. The quantitative estimate of drug-likeness (QED) is 0.462. The second-order valence-corrected chi connectivity index (χ2v) is 8.51. The first-order chi connectivity index (χ1) is 12.6. The van der Waals surface area contributed by atoms with Gasteiger partial charge in [-0.3, -0.25) is 0 Å².